The lowest BCUT2D eigenvalue weighted by Gasteiger charge is -2.33. The minimum atomic E-state index is -0.151. The molecule has 0 aromatic heterocycles. The first kappa shape index (κ1) is 13.4. The molecule has 5 nitrogen and oxygen atoms in total. The third-order valence-corrected chi connectivity index (χ3v) is 2.85. The molecule has 16 heavy (non-hydrogen) atoms. The Hall–Kier alpha value is -0.650. The van der Waals surface area contributed by atoms with Crippen LogP contribution in [0.15, 0.2) is 0 Å². The fraction of sp³-hybridized carbons (Fsp3) is 0.909. The number of piperidine rings is 1. The molecule has 0 saturated carbocycles. The van der Waals surface area contributed by atoms with E-state index in [9.17, 15) is 4.79 Å². The van der Waals surface area contributed by atoms with Gasteiger partial charge in [0.1, 0.15) is 6.04 Å². The molecule has 0 radical (unpaired) electrons. The minimum absolute atomic E-state index is 0.0421. The zero-order valence-electron chi connectivity index (χ0n) is 9.85. The molecule has 0 aliphatic carbocycles. The quantitative estimate of drug-likeness (QED) is 0.516. The van der Waals surface area contributed by atoms with Gasteiger partial charge in [-0.2, -0.15) is 0 Å². The van der Waals surface area contributed by atoms with E-state index in [0.29, 0.717) is 13.2 Å². The van der Waals surface area contributed by atoms with Gasteiger partial charge in [-0.25, -0.2) is 0 Å². The van der Waals surface area contributed by atoms with Crippen LogP contribution in [0, 0.1) is 0 Å². The van der Waals surface area contributed by atoms with Crippen molar-refractivity contribution in [3.05, 3.63) is 0 Å². The van der Waals surface area contributed by atoms with Crippen LogP contribution in [0.1, 0.15) is 19.3 Å². The number of aliphatic hydroxyl groups is 1. The molecule has 1 aliphatic rings. The van der Waals surface area contributed by atoms with Gasteiger partial charge in [-0.05, 0) is 19.4 Å². The topological polar surface area (TPSA) is 59.0 Å². The van der Waals surface area contributed by atoms with Crippen molar-refractivity contribution in [3.8, 4) is 0 Å². The second-order valence-electron chi connectivity index (χ2n) is 3.91. The molecule has 1 heterocycles. The first-order chi connectivity index (χ1) is 7.79. The number of carbonyl (C=O) groups is 1. The van der Waals surface area contributed by atoms with Gasteiger partial charge in [0.15, 0.2) is 0 Å². The zero-order valence-corrected chi connectivity index (χ0v) is 9.85. The molecular formula is C11H21NO4. The second kappa shape index (κ2) is 7.60. The normalized spacial score (nSPS) is 22.0. The highest BCUT2D eigenvalue weighted by Gasteiger charge is 2.28. The number of hydrogen-bond donors (Lipinski definition) is 1. The number of ether oxygens (including phenoxy) is 2. The van der Waals surface area contributed by atoms with E-state index in [4.69, 9.17) is 14.6 Å². The van der Waals surface area contributed by atoms with Gasteiger partial charge >= 0.3 is 5.97 Å². The Bertz CT molecular complexity index is 210. The van der Waals surface area contributed by atoms with Crippen molar-refractivity contribution in [2.45, 2.75) is 25.3 Å². The number of carbonyl (C=O) groups excluding carboxylic acids is 1. The van der Waals surface area contributed by atoms with Gasteiger partial charge in [-0.15, -0.1) is 0 Å². The highest BCUT2D eigenvalue weighted by Crippen LogP contribution is 2.17. The van der Waals surface area contributed by atoms with E-state index in [1.165, 1.54) is 7.11 Å². The van der Waals surface area contributed by atoms with Crippen LogP contribution in [0.5, 0.6) is 0 Å². The zero-order chi connectivity index (χ0) is 11.8. The Morgan fingerprint density at radius 3 is 2.94 bits per heavy atom. The summed E-state index contributed by atoms with van der Waals surface area (Å²) in [6, 6.07) is -0.114. The van der Waals surface area contributed by atoms with Crippen LogP contribution in [0.25, 0.3) is 0 Å². The minimum Gasteiger partial charge on any atom is -0.468 e. The van der Waals surface area contributed by atoms with E-state index in [-0.39, 0.29) is 18.6 Å². The standard InChI is InChI=1S/C11H21NO4/c1-15-11(14)10-4-2-3-5-12(10)6-8-16-9-7-13/h10,13H,2-9H2,1H3. The summed E-state index contributed by atoms with van der Waals surface area (Å²) in [5.41, 5.74) is 0. The van der Waals surface area contributed by atoms with Crippen molar-refractivity contribution in [1.29, 1.82) is 0 Å². The van der Waals surface area contributed by atoms with Crippen LogP contribution < -0.4 is 0 Å². The van der Waals surface area contributed by atoms with Crippen molar-refractivity contribution in [2.75, 3.05) is 40.0 Å². The van der Waals surface area contributed by atoms with Gasteiger partial charge in [0.2, 0.25) is 0 Å². The number of methoxy groups -OCH3 is 1. The van der Waals surface area contributed by atoms with E-state index in [1.54, 1.807) is 0 Å². The average Bonchev–Trinajstić information content (AvgIpc) is 2.34. The summed E-state index contributed by atoms with van der Waals surface area (Å²) < 4.78 is 9.99. The summed E-state index contributed by atoms with van der Waals surface area (Å²) in [7, 11) is 1.43. The SMILES string of the molecule is COC(=O)C1CCCCN1CCOCCO. The van der Waals surface area contributed by atoms with Crippen LogP contribution in [0.4, 0.5) is 0 Å². The van der Waals surface area contributed by atoms with Crippen molar-refractivity contribution < 1.29 is 19.4 Å². The number of nitrogens with zero attached hydrogens (tertiary/aromatic N) is 1. The molecule has 0 bridgehead atoms. The summed E-state index contributed by atoms with van der Waals surface area (Å²) in [4.78, 5) is 13.6. The lowest BCUT2D eigenvalue weighted by molar-refractivity contribution is -0.148. The van der Waals surface area contributed by atoms with Crippen LogP contribution in [0.2, 0.25) is 0 Å². The lowest BCUT2D eigenvalue weighted by Crippen LogP contribution is -2.46. The lowest BCUT2D eigenvalue weighted by atomic mass is 10.0. The molecule has 0 aromatic carbocycles. The van der Waals surface area contributed by atoms with E-state index in [0.717, 1.165) is 32.4 Å². The number of esters is 1. The van der Waals surface area contributed by atoms with Crippen LogP contribution >= 0.6 is 0 Å². The van der Waals surface area contributed by atoms with E-state index in [1.807, 2.05) is 0 Å². The van der Waals surface area contributed by atoms with Crippen LogP contribution in [-0.4, -0.2) is 62.0 Å². The predicted octanol–water partition coefficient (Wildman–Crippen LogP) is 0.0228. The maximum atomic E-state index is 11.5. The summed E-state index contributed by atoms with van der Waals surface area (Å²) in [5.74, 6) is -0.151. The fourth-order valence-electron chi connectivity index (χ4n) is 2.01. The second-order valence-corrected chi connectivity index (χ2v) is 3.91. The monoisotopic (exact) mass is 231 g/mol. The molecule has 0 aromatic rings. The summed E-state index contributed by atoms with van der Waals surface area (Å²) in [6.07, 6.45) is 3.06. The third-order valence-electron chi connectivity index (χ3n) is 2.85. The average molecular weight is 231 g/mol. The molecule has 5 heteroatoms. The molecule has 1 saturated heterocycles. The van der Waals surface area contributed by atoms with Gasteiger partial charge in [-0.3, -0.25) is 9.69 Å². The van der Waals surface area contributed by atoms with Gasteiger partial charge in [-0.1, -0.05) is 6.42 Å². The van der Waals surface area contributed by atoms with Crippen molar-refractivity contribution in [3.63, 3.8) is 0 Å². The first-order valence-electron chi connectivity index (χ1n) is 5.80. The van der Waals surface area contributed by atoms with E-state index >= 15 is 0 Å². The largest absolute Gasteiger partial charge is 0.468 e. The van der Waals surface area contributed by atoms with Crippen LogP contribution in [0.3, 0.4) is 0 Å². The Labute approximate surface area is 96.3 Å². The fourth-order valence-corrected chi connectivity index (χ4v) is 2.01. The molecular weight excluding hydrogens is 210 g/mol. The molecule has 1 aliphatic heterocycles. The number of aliphatic hydroxyl groups excluding tert-OH is 1. The molecule has 1 rings (SSSR count). The van der Waals surface area contributed by atoms with Gasteiger partial charge in [0, 0.05) is 6.54 Å². The van der Waals surface area contributed by atoms with Crippen LogP contribution in [-0.2, 0) is 14.3 Å². The molecule has 1 fully saturated rings. The maximum Gasteiger partial charge on any atom is 0.323 e. The van der Waals surface area contributed by atoms with E-state index in [2.05, 4.69) is 4.90 Å². The summed E-state index contributed by atoms with van der Waals surface area (Å²) >= 11 is 0. The highest BCUT2D eigenvalue weighted by atomic mass is 16.5. The smallest absolute Gasteiger partial charge is 0.323 e. The summed E-state index contributed by atoms with van der Waals surface area (Å²) in [5, 5.41) is 8.57. The van der Waals surface area contributed by atoms with Gasteiger partial charge < -0.3 is 14.6 Å². The number of rotatable bonds is 6. The first-order valence-corrected chi connectivity index (χ1v) is 5.80. The highest BCUT2D eigenvalue weighted by molar-refractivity contribution is 5.75. The number of likely N-dealkylation sites (tertiary alicyclic amines) is 1. The molecule has 0 amide bonds. The Morgan fingerprint density at radius 1 is 1.44 bits per heavy atom. The Balaban J connectivity index is 2.32. The Morgan fingerprint density at radius 2 is 2.25 bits per heavy atom. The number of hydrogen-bond acceptors (Lipinski definition) is 5. The van der Waals surface area contributed by atoms with Crippen molar-refractivity contribution >= 4 is 5.97 Å². The molecule has 1 unspecified atom stereocenters. The van der Waals surface area contributed by atoms with Gasteiger partial charge in [0.25, 0.3) is 0 Å². The van der Waals surface area contributed by atoms with Gasteiger partial charge in [0.05, 0.1) is 26.9 Å². The Kier molecular flexibility index (Phi) is 6.37. The summed E-state index contributed by atoms with van der Waals surface area (Å²) in [6.45, 7) is 2.59. The van der Waals surface area contributed by atoms with Crippen molar-refractivity contribution in [1.82, 2.24) is 4.90 Å². The molecule has 1 atom stereocenters. The predicted molar refractivity (Wildman–Crippen MR) is 59.1 cm³/mol. The van der Waals surface area contributed by atoms with Crippen molar-refractivity contribution in [2.24, 2.45) is 0 Å². The molecule has 94 valence electrons. The van der Waals surface area contributed by atoms with E-state index < -0.39 is 0 Å². The third kappa shape index (κ3) is 4.08. The molecule has 0 spiro atoms. The molecule has 1 N–H and O–H groups in total. The maximum absolute atomic E-state index is 11.5.